The fourth-order valence-electron chi connectivity index (χ4n) is 1.56. The van der Waals surface area contributed by atoms with Gasteiger partial charge in [0.05, 0.1) is 0 Å². The summed E-state index contributed by atoms with van der Waals surface area (Å²) in [6.07, 6.45) is 5.48. The number of rotatable bonds is 1. The van der Waals surface area contributed by atoms with E-state index in [0.717, 1.165) is 32.4 Å². The Labute approximate surface area is 87.0 Å². The summed E-state index contributed by atoms with van der Waals surface area (Å²) in [6, 6.07) is 0. The number of hydrogen-bond donors (Lipinski definition) is 0. The Morgan fingerprint density at radius 2 is 2.07 bits per heavy atom. The Kier molecular flexibility index (Phi) is 4.18. The number of amides is 1. The zero-order valence-electron chi connectivity index (χ0n) is 9.55. The minimum absolute atomic E-state index is 0.386. The van der Waals surface area contributed by atoms with Gasteiger partial charge in [-0.1, -0.05) is 25.5 Å². The second-order valence-electron chi connectivity index (χ2n) is 3.86. The molecule has 0 atom stereocenters. The van der Waals surface area contributed by atoms with E-state index in [9.17, 15) is 4.79 Å². The summed E-state index contributed by atoms with van der Waals surface area (Å²) in [6.45, 7) is 7.93. The van der Waals surface area contributed by atoms with E-state index in [1.165, 1.54) is 5.57 Å². The number of nitrogens with zero attached hydrogens (tertiary/aromatic N) is 1. The standard InChI is InChI=1S/C10H15NO.C2H6/c1-8-4-6-11(7-5-8)10(12)9-2-3-9;1-2/h4,9H,2-3,5-7H2,1H3;1-2H3. The lowest BCUT2D eigenvalue weighted by Gasteiger charge is -2.25. The highest BCUT2D eigenvalue weighted by Gasteiger charge is 2.33. The first-order valence-corrected chi connectivity index (χ1v) is 5.72. The molecule has 1 amide bonds. The largest absolute Gasteiger partial charge is 0.338 e. The first-order chi connectivity index (χ1) is 6.77. The first kappa shape index (κ1) is 11.3. The van der Waals surface area contributed by atoms with Crippen LogP contribution in [0.1, 0.15) is 40.0 Å². The van der Waals surface area contributed by atoms with E-state index in [1.54, 1.807) is 0 Å². The molecule has 0 radical (unpaired) electrons. The van der Waals surface area contributed by atoms with E-state index in [-0.39, 0.29) is 0 Å². The minimum atomic E-state index is 0.386. The van der Waals surface area contributed by atoms with Crippen LogP contribution in [0.25, 0.3) is 0 Å². The smallest absolute Gasteiger partial charge is 0.225 e. The molecule has 14 heavy (non-hydrogen) atoms. The van der Waals surface area contributed by atoms with Gasteiger partial charge in [0.25, 0.3) is 0 Å². The van der Waals surface area contributed by atoms with E-state index in [2.05, 4.69) is 13.0 Å². The van der Waals surface area contributed by atoms with E-state index >= 15 is 0 Å². The van der Waals surface area contributed by atoms with Crippen LogP contribution < -0.4 is 0 Å². The van der Waals surface area contributed by atoms with Crippen molar-refractivity contribution in [3.63, 3.8) is 0 Å². The van der Waals surface area contributed by atoms with Gasteiger partial charge >= 0.3 is 0 Å². The molecule has 0 bridgehead atoms. The van der Waals surface area contributed by atoms with Gasteiger partial charge in [0.2, 0.25) is 5.91 Å². The van der Waals surface area contributed by atoms with Crippen LogP contribution in [0, 0.1) is 5.92 Å². The van der Waals surface area contributed by atoms with E-state index in [0.29, 0.717) is 11.8 Å². The van der Waals surface area contributed by atoms with Crippen LogP contribution in [0.5, 0.6) is 0 Å². The van der Waals surface area contributed by atoms with Crippen molar-refractivity contribution in [2.24, 2.45) is 5.92 Å². The fourth-order valence-corrected chi connectivity index (χ4v) is 1.56. The molecule has 2 heteroatoms. The normalized spacial score (nSPS) is 20.8. The lowest BCUT2D eigenvalue weighted by Crippen LogP contribution is -2.35. The summed E-state index contributed by atoms with van der Waals surface area (Å²) >= 11 is 0. The van der Waals surface area contributed by atoms with Crippen LogP contribution in [-0.2, 0) is 4.79 Å². The monoisotopic (exact) mass is 195 g/mol. The summed E-state index contributed by atoms with van der Waals surface area (Å²) in [4.78, 5) is 13.6. The molecule has 2 nitrogen and oxygen atoms in total. The molecule has 2 aliphatic rings. The maximum atomic E-state index is 11.6. The van der Waals surface area contributed by atoms with Crippen molar-refractivity contribution >= 4 is 5.91 Å². The third kappa shape index (κ3) is 2.86. The van der Waals surface area contributed by atoms with Crippen LogP contribution in [0.4, 0.5) is 0 Å². The van der Waals surface area contributed by atoms with Crippen LogP contribution >= 0.6 is 0 Å². The molecule has 0 unspecified atom stereocenters. The number of hydrogen-bond acceptors (Lipinski definition) is 1. The molecule has 1 heterocycles. The average Bonchev–Trinajstić information content (AvgIpc) is 3.04. The number of carbonyl (C=O) groups excluding carboxylic acids is 1. The maximum absolute atomic E-state index is 11.6. The zero-order chi connectivity index (χ0) is 10.6. The van der Waals surface area contributed by atoms with Crippen LogP contribution in [0.2, 0.25) is 0 Å². The highest BCUT2D eigenvalue weighted by atomic mass is 16.2. The quantitative estimate of drug-likeness (QED) is 0.589. The Morgan fingerprint density at radius 3 is 2.50 bits per heavy atom. The van der Waals surface area contributed by atoms with Crippen molar-refractivity contribution < 1.29 is 4.79 Å². The Balaban J connectivity index is 0.000000461. The van der Waals surface area contributed by atoms with Crippen LogP contribution in [0.15, 0.2) is 11.6 Å². The molecule has 0 aromatic rings. The highest BCUT2D eigenvalue weighted by Crippen LogP contribution is 2.31. The summed E-state index contributed by atoms with van der Waals surface area (Å²) in [5.74, 6) is 0.774. The molecule has 0 aromatic heterocycles. The Morgan fingerprint density at radius 1 is 1.43 bits per heavy atom. The van der Waals surface area contributed by atoms with Gasteiger partial charge in [-0.2, -0.15) is 0 Å². The molecule has 2 rings (SSSR count). The molecule has 1 aliphatic carbocycles. The van der Waals surface area contributed by atoms with Crippen molar-refractivity contribution in [1.29, 1.82) is 0 Å². The Hall–Kier alpha value is -0.790. The van der Waals surface area contributed by atoms with E-state index in [1.807, 2.05) is 18.7 Å². The highest BCUT2D eigenvalue weighted by molar-refractivity contribution is 5.81. The molecule has 0 N–H and O–H groups in total. The topological polar surface area (TPSA) is 20.3 Å². The summed E-state index contributed by atoms with van der Waals surface area (Å²) in [5.41, 5.74) is 1.43. The van der Waals surface area contributed by atoms with Crippen molar-refractivity contribution in [1.82, 2.24) is 4.90 Å². The average molecular weight is 195 g/mol. The van der Waals surface area contributed by atoms with Crippen molar-refractivity contribution in [2.75, 3.05) is 13.1 Å². The van der Waals surface area contributed by atoms with Crippen molar-refractivity contribution in [3.8, 4) is 0 Å². The third-order valence-electron chi connectivity index (χ3n) is 2.67. The lowest BCUT2D eigenvalue weighted by molar-refractivity contribution is -0.132. The van der Waals surface area contributed by atoms with Crippen molar-refractivity contribution in [3.05, 3.63) is 11.6 Å². The molecule has 1 fully saturated rings. The van der Waals surface area contributed by atoms with Gasteiger partial charge in [0, 0.05) is 19.0 Å². The van der Waals surface area contributed by atoms with Gasteiger partial charge in [-0.25, -0.2) is 0 Å². The van der Waals surface area contributed by atoms with Gasteiger partial charge in [-0.15, -0.1) is 0 Å². The first-order valence-electron chi connectivity index (χ1n) is 5.72. The molecular weight excluding hydrogens is 174 g/mol. The lowest BCUT2D eigenvalue weighted by atomic mass is 10.1. The minimum Gasteiger partial charge on any atom is -0.338 e. The molecule has 0 spiro atoms. The van der Waals surface area contributed by atoms with Gasteiger partial charge in [-0.05, 0) is 26.2 Å². The second kappa shape index (κ2) is 5.18. The van der Waals surface area contributed by atoms with Crippen LogP contribution in [-0.4, -0.2) is 23.9 Å². The molecular formula is C12H21NO. The molecule has 0 saturated heterocycles. The predicted molar refractivity (Wildman–Crippen MR) is 59.0 cm³/mol. The van der Waals surface area contributed by atoms with Gasteiger partial charge in [0.1, 0.15) is 0 Å². The molecule has 0 aromatic carbocycles. The summed E-state index contributed by atoms with van der Waals surface area (Å²) in [7, 11) is 0. The summed E-state index contributed by atoms with van der Waals surface area (Å²) < 4.78 is 0. The second-order valence-corrected chi connectivity index (χ2v) is 3.86. The SMILES string of the molecule is CC.CC1=CCN(C(=O)C2CC2)CC1. The molecule has 1 saturated carbocycles. The Bertz CT molecular complexity index is 228. The molecule has 80 valence electrons. The van der Waals surface area contributed by atoms with Gasteiger partial charge in [0.15, 0.2) is 0 Å². The van der Waals surface area contributed by atoms with E-state index in [4.69, 9.17) is 0 Å². The maximum Gasteiger partial charge on any atom is 0.225 e. The van der Waals surface area contributed by atoms with E-state index < -0.39 is 0 Å². The third-order valence-corrected chi connectivity index (χ3v) is 2.67. The van der Waals surface area contributed by atoms with Crippen LogP contribution in [0.3, 0.4) is 0 Å². The van der Waals surface area contributed by atoms with Crippen molar-refractivity contribution in [2.45, 2.75) is 40.0 Å². The van der Waals surface area contributed by atoms with Gasteiger partial charge < -0.3 is 4.90 Å². The zero-order valence-corrected chi connectivity index (χ0v) is 9.55. The summed E-state index contributed by atoms with van der Waals surface area (Å²) in [5, 5.41) is 0. The van der Waals surface area contributed by atoms with Gasteiger partial charge in [-0.3, -0.25) is 4.79 Å². The predicted octanol–water partition coefficient (Wildman–Crippen LogP) is 2.60. The number of carbonyl (C=O) groups is 1. The molecule has 1 aliphatic heterocycles. The fraction of sp³-hybridized carbons (Fsp3) is 0.750.